The molecule has 1 aliphatic rings. The fraction of sp³-hybridized carbons (Fsp3) is 0.364. The summed E-state index contributed by atoms with van der Waals surface area (Å²) in [5.41, 5.74) is 4.09. The first-order valence-corrected chi connectivity index (χ1v) is 9.32. The highest BCUT2D eigenvalue weighted by Crippen LogP contribution is 2.34. The molecular weight excluding hydrogens is 340 g/mol. The van der Waals surface area contributed by atoms with Crippen molar-refractivity contribution >= 4 is 17.5 Å². The van der Waals surface area contributed by atoms with Gasteiger partial charge in [0.15, 0.2) is 0 Å². The van der Waals surface area contributed by atoms with Crippen LogP contribution in [0.15, 0.2) is 42.5 Å². The second-order valence-corrected chi connectivity index (χ2v) is 7.17. The molecular formula is C22H26N2O3. The molecule has 142 valence electrons. The molecule has 5 nitrogen and oxygen atoms in total. The Balaban J connectivity index is 1.55. The largest absolute Gasteiger partial charge is 0.487 e. The Hall–Kier alpha value is -2.82. The van der Waals surface area contributed by atoms with Crippen molar-refractivity contribution in [3.05, 3.63) is 59.2 Å². The summed E-state index contributed by atoms with van der Waals surface area (Å²) in [6.07, 6.45) is 0.289. The highest BCUT2D eigenvalue weighted by molar-refractivity contribution is 5.97. The molecule has 2 aromatic carbocycles. The minimum atomic E-state index is -0.116. The molecule has 1 heterocycles. The second kappa shape index (κ2) is 8.25. The van der Waals surface area contributed by atoms with Crippen LogP contribution in [0.4, 0.5) is 5.69 Å². The predicted molar refractivity (Wildman–Crippen MR) is 106 cm³/mol. The first kappa shape index (κ1) is 19.0. The van der Waals surface area contributed by atoms with Crippen molar-refractivity contribution in [2.24, 2.45) is 0 Å². The number of nitrogens with one attached hydrogen (secondary N) is 1. The lowest BCUT2D eigenvalue weighted by Crippen LogP contribution is -2.42. The fourth-order valence-corrected chi connectivity index (χ4v) is 3.13. The average molecular weight is 366 g/mol. The van der Waals surface area contributed by atoms with Gasteiger partial charge in [-0.05, 0) is 44.0 Å². The first-order valence-electron chi connectivity index (χ1n) is 9.32. The molecule has 0 aliphatic carbocycles. The maximum atomic E-state index is 12.7. The standard InChI is InChI=1S/C22H26N2O3/c1-15-4-7-18(8-5-15)13-23-21(25)10-11-22(26)24-14-17(3)27-20-9-6-16(2)12-19(20)24/h4-9,12,17H,10-11,13-14H2,1-3H3,(H,23,25)/t17-/m1/s1. The molecule has 2 aromatic rings. The summed E-state index contributed by atoms with van der Waals surface area (Å²) in [6, 6.07) is 13.8. The zero-order valence-corrected chi connectivity index (χ0v) is 16.1. The van der Waals surface area contributed by atoms with Crippen LogP contribution in [0.3, 0.4) is 0 Å². The SMILES string of the molecule is Cc1ccc(CNC(=O)CCC(=O)N2C[C@@H](C)Oc3ccc(C)cc32)cc1. The van der Waals surface area contributed by atoms with Crippen LogP contribution < -0.4 is 15.0 Å². The Morgan fingerprint density at radius 2 is 1.78 bits per heavy atom. The van der Waals surface area contributed by atoms with Crippen molar-refractivity contribution in [1.82, 2.24) is 5.32 Å². The number of benzene rings is 2. The van der Waals surface area contributed by atoms with Gasteiger partial charge in [-0.2, -0.15) is 0 Å². The Morgan fingerprint density at radius 1 is 1.07 bits per heavy atom. The number of hydrogen-bond donors (Lipinski definition) is 1. The minimum Gasteiger partial charge on any atom is -0.487 e. The van der Waals surface area contributed by atoms with Crippen molar-refractivity contribution in [3.63, 3.8) is 0 Å². The van der Waals surface area contributed by atoms with Crippen LogP contribution in [0.5, 0.6) is 5.75 Å². The summed E-state index contributed by atoms with van der Waals surface area (Å²) in [5.74, 6) is 0.550. The van der Waals surface area contributed by atoms with E-state index in [1.807, 2.05) is 63.2 Å². The molecule has 0 radical (unpaired) electrons. The summed E-state index contributed by atoms with van der Waals surface area (Å²) in [7, 11) is 0. The van der Waals surface area contributed by atoms with E-state index >= 15 is 0 Å². The summed E-state index contributed by atoms with van der Waals surface area (Å²) in [4.78, 5) is 26.6. The third-order valence-corrected chi connectivity index (χ3v) is 4.65. The molecule has 0 saturated heterocycles. The summed E-state index contributed by atoms with van der Waals surface area (Å²) in [6.45, 7) is 6.93. The molecule has 2 amide bonds. The van der Waals surface area contributed by atoms with Crippen molar-refractivity contribution < 1.29 is 14.3 Å². The molecule has 1 aliphatic heterocycles. The second-order valence-electron chi connectivity index (χ2n) is 7.17. The molecule has 5 heteroatoms. The molecule has 0 bridgehead atoms. The molecule has 0 saturated carbocycles. The van der Waals surface area contributed by atoms with E-state index in [-0.39, 0.29) is 30.8 Å². The van der Waals surface area contributed by atoms with Gasteiger partial charge < -0.3 is 15.0 Å². The van der Waals surface area contributed by atoms with E-state index < -0.39 is 0 Å². The summed E-state index contributed by atoms with van der Waals surface area (Å²) >= 11 is 0. The Kier molecular flexibility index (Phi) is 5.79. The Labute approximate surface area is 160 Å². The number of ether oxygens (including phenoxy) is 1. The van der Waals surface area contributed by atoms with Crippen molar-refractivity contribution in [3.8, 4) is 5.75 Å². The molecule has 0 unspecified atom stereocenters. The number of hydrogen-bond acceptors (Lipinski definition) is 3. The van der Waals surface area contributed by atoms with Crippen LogP contribution in [0.1, 0.15) is 36.5 Å². The number of anilines is 1. The maximum absolute atomic E-state index is 12.7. The molecule has 1 atom stereocenters. The number of carbonyl (C=O) groups is 2. The van der Waals surface area contributed by atoms with Gasteiger partial charge in [0, 0.05) is 19.4 Å². The van der Waals surface area contributed by atoms with Crippen molar-refractivity contribution in [2.75, 3.05) is 11.4 Å². The number of rotatable bonds is 5. The third kappa shape index (κ3) is 4.88. The quantitative estimate of drug-likeness (QED) is 0.881. The number of aryl methyl sites for hydroxylation is 2. The van der Waals surface area contributed by atoms with Gasteiger partial charge in [-0.25, -0.2) is 0 Å². The van der Waals surface area contributed by atoms with Gasteiger partial charge in [0.2, 0.25) is 11.8 Å². The van der Waals surface area contributed by atoms with E-state index in [0.29, 0.717) is 13.1 Å². The number of amides is 2. The van der Waals surface area contributed by atoms with Gasteiger partial charge in [-0.15, -0.1) is 0 Å². The normalized spacial score (nSPS) is 15.7. The minimum absolute atomic E-state index is 0.0533. The Morgan fingerprint density at radius 3 is 2.52 bits per heavy atom. The summed E-state index contributed by atoms with van der Waals surface area (Å²) < 4.78 is 5.82. The zero-order valence-electron chi connectivity index (χ0n) is 16.1. The average Bonchev–Trinajstić information content (AvgIpc) is 2.65. The van der Waals surface area contributed by atoms with Gasteiger partial charge >= 0.3 is 0 Å². The van der Waals surface area contributed by atoms with E-state index in [9.17, 15) is 9.59 Å². The molecule has 0 fully saturated rings. The number of carbonyl (C=O) groups excluding carboxylic acids is 2. The third-order valence-electron chi connectivity index (χ3n) is 4.65. The smallest absolute Gasteiger partial charge is 0.227 e. The van der Waals surface area contributed by atoms with Gasteiger partial charge in [-0.1, -0.05) is 35.9 Å². The van der Waals surface area contributed by atoms with Crippen LogP contribution >= 0.6 is 0 Å². The van der Waals surface area contributed by atoms with E-state index in [1.165, 1.54) is 5.56 Å². The van der Waals surface area contributed by atoms with Crippen LogP contribution in [-0.4, -0.2) is 24.5 Å². The van der Waals surface area contributed by atoms with Gasteiger partial charge in [0.1, 0.15) is 11.9 Å². The number of fused-ring (bicyclic) bond motifs is 1. The van der Waals surface area contributed by atoms with Gasteiger partial charge in [-0.3, -0.25) is 9.59 Å². The zero-order chi connectivity index (χ0) is 19.4. The van der Waals surface area contributed by atoms with E-state index in [1.54, 1.807) is 4.90 Å². The molecule has 0 spiro atoms. The number of nitrogens with zero attached hydrogens (tertiary/aromatic N) is 1. The van der Waals surface area contributed by atoms with Crippen LogP contribution in [0.25, 0.3) is 0 Å². The lowest BCUT2D eigenvalue weighted by atomic mass is 10.1. The highest BCUT2D eigenvalue weighted by Gasteiger charge is 2.27. The lowest BCUT2D eigenvalue weighted by molar-refractivity contribution is -0.125. The first-order chi connectivity index (χ1) is 12.9. The molecule has 27 heavy (non-hydrogen) atoms. The highest BCUT2D eigenvalue weighted by atomic mass is 16.5. The lowest BCUT2D eigenvalue weighted by Gasteiger charge is -2.33. The van der Waals surface area contributed by atoms with Crippen molar-refractivity contribution in [1.29, 1.82) is 0 Å². The van der Waals surface area contributed by atoms with Gasteiger partial charge in [0.05, 0.1) is 12.2 Å². The molecule has 3 rings (SSSR count). The topological polar surface area (TPSA) is 58.6 Å². The van der Waals surface area contributed by atoms with E-state index in [4.69, 9.17) is 4.74 Å². The van der Waals surface area contributed by atoms with Crippen LogP contribution in [0, 0.1) is 13.8 Å². The fourth-order valence-electron chi connectivity index (χ4n) is 3.13. The monoisotopic (exact) mass is 366 g/mol. The van der Waals surface area contributed by atoms with Crippen molar-refractivity contribution in [2.45, 2.75) is 46.3 Å². The predicted octanol–water partition coefficient (Wildman–Crippen LogP) is 3.51. The summed E-state index contributed by atoms with van der Waals surface area (Å²) in [5, 5.41) is 2.88. The van der Waals surface area contributed by atoms with Crippen LogP contribution in [-0.2, 0) is 16.1 Å². The maximum Gasteiger partial charge on any atom is 0.227 e. The molecule has 0 aromatic heterocycles. The van der Waals surface area contributed by atoms with E-state index in [0.717, 1.165) is 22.6 Å². The van der Waals surface area contributed by atoms with E-state index in [2.05, 4.69) is 5.32 Å². The Bertz CT molecular complexity index is 830. The van der Waals surface area contributed by atoms with Crippen LogP contribution in [0.2, 0.25) is 0 Å². The van der Waals surface area contributed by atoms with Gasteiger partial charge in [0.25, 0.3) is 0 Å². The molecule has 1 N–H and O–H groups in total.